The van der Waals surface area contributed by atoms with Crippen LogP contribution in [0.1, 0.15) is 47.5 Å². The lowest BCUT2D eigenvalue weighted by molar-refractivity contribution is -0.297. The van der Waals surface area contributed by atoms with Gasteiger partial charge in [0.05, 0.1) is 0 Å². The average Bonchev–Trinajstić information content (AvgIpc) is 1.92. The minimum absolute atomic E-state index is 0.109. The number of nitrogens with zero attached hydrogens (tertiary/aromatic N) is 1. The second-order valence-electron chi connectivity index (χ2n) is 5.67. The van der Waals surface area contributed by atoms with E-state index in [9.17, 15) is 10.2 Å². The highest BCUT2D eigenvalue weighted by atomic mass is 16.5. The Morgan fingerprint density at radius 3 is 2.00 bits per heavy atom. The summed E-state index contributed by atoms with van der Waals surface area (Å²) < 4.78 is 0. The third-order valence-electron chi connectivity index (χ3n) is 4.03. The largest absolute Gasteiger partial charge is 0.353 e. The van der Waals surface area contributed by atoms with E-state index in [2.05, 4.69) is 27.7 Å². The van der Waals surface area contributed by atoms with Gasteiger partial charge in [-0.3, -0.25) is 0 Å². The third-order valence-corrected chi connectivity index (χ3v) is 4.03. The molecule has 3 heteroatoms. The first-order valence-electron chi connectivity index (χ1n) is 5.31. The van der Waals surface area contributed by atoms with Gasteiger partial charge in [-0.15, -0.1) is 0 Å². The molecule has 0 spiro atoms. The minimum atomic E-state index is -1.71. The molecule has 3 nitrogen and oxygen atoms in total. The molecule has 0 aliphatic carbocycles. The van der Waals surface area contributed by atoms with E-state index < -0.39 is 5.91 Å². The second-order valence-corrected chi connectivity index (χ2v) is 5.67. The van der Waals surface area contributed by atoms with Gasteiger partial charge in [0.2, 0.25) is 5.91 Å². The van der Waals surface area contributed by atoms with E-state index in [-0.39, 0.29) is 11.0 Å². The van der Waals surface area contributed by atoms with Crippen LogP contribution >= 0.6 is 0 Å². The molecule has 0 aromatic carbocycles. The van der Waals surface area contributed by atoms with Crippen LogP contribution in [0.4, 0.5) is 0 Å². The Bertz CT molecular complexity index is 216. The van der Waals surface area contributed by atoms with Gasteiger partial charge in [-0.1, -0.05) is 13.8 Å². The van der Waals surface area contributed by atoms with Crippen molar-refractivity contribution in [1.82, 2.24) is 4.90 Å². The van der Waals surface area contributed by atoms with Gasteiger partial charge < -0.3 is 10.2 Å². The van der Waals surface area contributed by atoms with Crippen molar-refractivity contribution >= 4 is 0 Å². The Balaban J connectivity index is 2.98. The number of likely N-dealkylation sites (tertiary alicyclic amines) is 1. The van der Waals surface area contributed by atoms with Crippen LogP contribution in [0.25, 0.3) is 0 Å². The van der Waals surface area contributed by atoms with Crippen molar-refractivity contribution in [2.45, 2.75) is 58.9 Å². The molecule has 14 heavy (non-hydrogen) atoms. The summed E-state index contributed by atoms with van der Waals surface area (Å²) in [5.74, 6) is -1.71. The Kier molecular flexibility index (Phi) is 2.72. The average molecular weight is 201 g/mol. The molecule has 0 bridgehead atoms. The molecule has 1 heterocycles. The van der Waals surface area contributed by atoms with Crippen LogP contribution in [0.3, 0.4) is 0 Å². The molecule has 1 fully saturated rings. The molecule has 0 unspecified atom stereocenters. The summed E-state index contributed by atoms with van der Waals surface area (Å²) in [6.07, 6.45) is 2.15. The van der Waals surface area contributed by atoms with Gasteiger partial charge in [-0.05, 0) is 32.1 Å². The molecular weight excluding hydrogens is 178 g/mol. The minimum Gasteiger partial charge on any atom is -0.353 e. The summed E-state index contributed by atoms with van der Waals surface area (Å²) >= 11 is 0. The highest BCUT2D eigenvalue weighted by Gasteiger charge is 2.49. The van der Waals surface area contributed by atoms with Crippen molar-refractivity contribution in [2.24, 2.45) is 5.41 Å². The topological polar surface area (TPSA) is 43.7 Å². The van der Waals surface area contributed by atoms with E-state index in [1.807, 2.05) is 0 Å². The van der Waals surface area contributed by atoms with E-state index >= 15 is 0 Å². The van der Waals surface area contributed by atoms with Crippen molar-refractivity contribution in [1.29, 1.82) is 0 Å². The van der Waals surface area contributed by atoms with Gasteiger partial charge >= 0.3 is 0 Å². The van der Waals surface area contributed by atoms with Gasteiger partial charge in [-0.2, -0.15) is 0 Å². The van der Waals surface area contributed by atoms with Crippen LogP contribution in [-0.2, 0) is 0 Å². The normalized spacial score (nSPS) is 27.6. The fourth-order valence-corrected chi connectivity index (χ4v) is 2.37. The van der Waals surface area contributed by atoms with Crippen LogP contribution in [0.2, 0.25) is 0 Å². The Hall–Kier alpha value is -0.120. The molecule has 1 aliphatic heterocycles. The van der Waals surface area contributed by atoms with Crippen LogP contribution < -0.4 is 0 Å². The zero-order chi connectivity index (χ0) is 11.2. The monoisotopic (exact) mass is 201 g/mol. The van der Waals surface area contributed by atoms with Gasteiger partial charge in [0.15, 0.2) is 0 Å². The van der Waals surface area contributed by atoms with Gasteiger partial charge in [-0.25, -0.2) is 4.90 Å². The smallest absolute Gasteiger partial charge is 0.222 e. The first kappa shape index (κ1) is 12.0. The fourth-order valence-electron chi connectivity index (χ4n) is 2.37. The Morgan fingerprint density at radius 1 is 1.14 bits per heavy atom. The van der Waals surface area contributed by atoms with Crippen LogP contribution in [0.15, 0.2) is 0 Å². The van der Waals surface area contributed by atoms with E-state index in [0.29, 0.717) is 0 Å². The van der Waals surface area contributed by atoms with Crippen molar-refractivity contribution in [3.05, 3.63) is 0 Å². The number of aliphatic hydroxyl groups is 2. The molecule has 2 N–H and O–H groups in total. The molecule has 0 aromatic rings. The van der Waals surface area contributed by atoms with Gasteiger partial charge in [0.25, 0.3) is 0 Å². The molecule has 0 radical (unpaired) electrons. The summed E-state index contributed by atoms with van der Waals surface area (Å²) in [6, 6.07) is 0. The van der Waals surface area contributed by atoms with Crippen LogP contribution in [0, 0.1) is 5.41 Å². The van der Waals surface area contributed by atoms with Crippen molar-refractivity contribution in [3.8, 4) is 0 Å². The molecule has 0 atom stereocenters. The van der Waals surface area contributed by atoms with Gasteiger partial charge in [0, 0.05) is 19.0 Å². The predicted molar refractivity (Wildman–Crippen MR) is 56.6 cm³/mol. The molecule has 0 amide bonds. The molecule has 84 valence electrons. The van der Waals surface area contributed by atoms with Crippen molar-refractivity contribution in [3.63, 3.8) is 0 Å². The number of hydrogen-bond donors (Lipinski definition) is 2. The molecular formula is C11H23NO2. The molecule has 1 rings (SSSR count). The third kappa shape index (κ3) is 1.81. The zero-order valence-electron chi connectivity index (χ0n) is 9.96. The second kappa shape index (κ2) is 3.19. The molecule has 1 saturated heterocycles. The van der Waals surface area contributed by atoms with E-state index in [4.69, 9.17) is 0 Å². The Labute approximate surface area is 86.7 Å². The summed E-state index contributed by atoms with van der Waals surface area (Å²) in [5, 5.41) is 19.4. The highest BCUT2D eigenvalue weighted by Crippen LogP contribution is 2.45. The number of rotatable bonds is 1. The first-order chi connectivity index (χ1) is 6.09. The number of piperidine rings is 1. The van der Waals surface area contributed by atoms with E-state index in [1.165, 1.54) is 6.92 Å². The summed E-state index contributed by atoms with van der Waals surface area (Å²) in [6.45, 7) is 10.7. The molecule has 1 aliphatic rings. The van der Waals surface area contributed by atoms with E-state index in [0.717, 1.165) is 19.4 Å². The zero-order valence-corrected chi connectivity index (χ0v) is 9.96. The van der Waals surface area contributed by atoms with Crippen molar-refractivity contribution < 1.29 is 10.2 Å². The summed E-state index contributed by atoms with van der Waals surface area (Å²) in [4.78, 5) is 1.78. The summed E-state index contributed by atoms with van der Waals surface area (Å²) in [5.41, 5.74) is -0.0819. The molecule has 0 saturated carbocycles. The van der Waals surface area contributed by atoms with Crippen LogP contribution in [0.5, 0.6) is 0 Å². The molecule has 0 aromatic heterocycles. The standard InChI is InChI=1S/C11H23NO2/c1-9(2)7-6-8-12(10(9,3)4)11(5,13)14/h13-14H,6-8H2,1-5H3. The highest BCUT2D eigenvalue weighted by molar-refractivity contribution is 4.99. The quantitative estimate of drug-likeness (QED) is 0.633. The SMILES string of the molecule is CC(O)(O)N1CCCC(C)(C)C1(C)C. The maximum Gasteiger partial charge on any atom is 0.222 e. The fraction of sp³-hybridized carbons (Fsp3) is 1.00. The lowest BCUT2D eigenvalue weighted by atomic mass is 9.67. The maximum atomic E-state index is 9.69. The van der Waals surface area contributed by atoms with Crippen molar-refractivity contribution in [2.75, 3.05) is 6.54 Å². The first-order valence-corrected chi connectivity index (χ1v) is 5.31. The predicted octanol–water partition coefficient (Wildman–Crippen LogP) is 1.55. The number of hydrogen-bond acceptors (Lipinski definition) is 3. The van der Waals surface area contributed by atoms with E-state index in [1.54, 1.807) is 4.90 Å². The summed E-state index contributed by atoms with van der Waals surface area (Å²) in [7, 11) is 0. The lowest BCUT2D eigenvalue weighted by Gasteiger charge is -2.56. The maximum absolute atomic E-state index is 9.69. The Morgan fingerprint density at radius 2 is 1.64 bits per heavy atom. The van der Waals surface area contributed by atoms with Gasteiger partial charge in [0.1, 0.15) is 0 Å². The van der Waals surface area contributed by atoms with Crippen LogP contribution in [-0.4, -0.2) is 33.1 Å². The lowest BCUT2D eigenvalue weighted by Crippen LogP contribution is -2.65.